The first-order valence-corrected chi connectivity index (χ1v) is 5.50. The number of hydrogen-bond acceptors (Lipinski definition) is 2. The van der Waals surface area contributed by atoms with E-state index in [1.807, 2.05) is 0 Å². The van der Waals surface area contributed by atoms with E-state index in [2.05, 4.69) is 10.6 Å². The Bertz CT molecular complexity index is 357. The lowest BCUT2D eigenvalue weighted by Gasteiger charge is -2.11. The largest absolute Gasteiger partial charge is 0.361 e. The van der Waals surface area contributed by atoms with Gasteiger partial charge in [0.2, 0.25) is 0 Å². The van der Waals surface area contributed by atoms with E-state index in [0.29, 0.717) is 33.9 Å². The number of halogens is 2. The van der Waals surface area contributed by atoms with E-state index < -0.39 is 0 Å². The molecule has 0 aliphatic heterocycles. The summed E-state index contributed by atoms with van der Waals surface area (Å²) in [7, 11) is 0. The fourth-order valence-electron chi connectivity index (χ4n) is 0.953. The molecule has 0 saturated heterocycles. The molecular formula is C9H11Cl2N3S. The van der Waals surface area contributed by atoms with Crippen LogP contribution < -0.4 is 16.4 Å². The zero-order valence-corrected chi connectivity index (χ0v) is 10.2. The van der Waals surface area contributed by atoms with Gasteiger partial charge in [0, 0.05) is 13.1 Å². The quantitative estimate of drug-likeness (QED) is 0.733. The van der Waals surface area contributed by atoms with Crippen molar-refractivity contribution in [3.05, 3.63) is 28.2 Å². The van der Waals surface area contributed by atoms with E-state index in [4.69, 9.17) is 41.2 Å². The van der Waals surface area contributed by atoms with Gasteiger partial charge in [-0.2, -0.15) is 0 Å². The molecule has 0 amide bonds. The van der Waals surface area contributed by atoms with Crippen molar-refractivity contribution in [1.82, 2.24) is 5.32 Å². The summed E-state index contributed by atoms with van der Waals surface area (Å²) >= 11 is 16.8. The molecule has 1 aromatic carbocycles. The number of hydrogen-bond donors (Lipinski definition) is 3. The third-order valence-electron chi connectivity index (χ3n) is 1.63. The fourth-order valence-corrected chi connectivity index (χ4v) is 1.51. The normalized spacial score (nSPS) is 9.80. The highest BCUT2D eigenvalue weighted by atomic mass is 35.5. The predicted molar refractivity (Wildman–Crippen MR) is 69.7 cm³/mol. The zero-order valence-electron chi connectivity index (χ0n) is 7.89. The van der Waals surface area contributed by atoms with Gasteiger partial charge in [0.15, 0.2) is 5.11 Å². The van der Waals surface area contributed by atoms with Crippen LogP contribution in [0.1, 0.15) is 0 Å². The summed E-state index contributed by atoms with van der Waals surface area (Å²) in [6.45, 7) is 1.13. The molecule has 0 unspecified atom stereocenters. The van der Waals surface area contributed by atoms with Crippen molar-refractivity contribution in [3.63, 3.8) is 0 Å². The molecule has 0 bridgehead atoms. The molecule has 0 spiro atoms. The van der Waals surface area contributed by atoms with Crippen LogP contribution in [-0.4, -0.2) is 18.2 Å². The third kappa shape index (κ3) is 3.83. The highest BCUT2D eigenvalue weighted by molar-refractivity contribution is 7.80. The first-order chi connectivity index (χ1) is 7.15. The van der Waals surface area contributed by atoms with Gasteiger partial charge < -0.3 is 16.4 Å². The van der Waals surface area contributed by atoms with Crippen molar-refractivity contribution in [2.75, 3.05) is 18.4 Å². The van der Waals surface area contributed by atoms with E-state index >= 15 is 0 Å². The Morgan fingerprint density at radius 1 is 1.40 bits per heavy atom. The Balaban J connectivity index is 2.64. The summed E-state index contributed by atoms with van der Waals surface area (Å²) < 4.78 is 0. The number of nitrogens with two attached hydrogens (primary N) is 1. The summed E-state index contributed by atoms with van der Waals surface area (Å²) in [5, 5.41) is 7.28. The van der Waals surface area contributed by atoms with Crippen molar-refractivity contribution in [2.45, 2.75) is 0 Å². The molecule has 0 fully saturated rings. The second kappa shape index (κ2) is 6.12. The van der Waals surface area contributed by atoms with Gasteiger partial charge >= 0.3 is 0 Å². The van der Waals surface area contributed by atoms with Gasteiger partial charge in [-0.25, -0.2) is 0 Å². The summed E-state index contributed by atoms with van der Waals surface area (Å²) in [6.07, 6.45) is 0. The molecule has 1 aromatic rings. The number of anilines is 1. The lowest BCUT2D eigenvalue weighted by Crippen LogP contribution is -2.32. The van der Waals surface area contributed by atoms with Crippen molar-refractivity contribution < 1.29 is 0 Å². The molecule has 0 heterocycles. The molecule has 3 nitrogen and oxygen atoms in total. The summed E-state index contributed by atoms with van der Waals surface area (Å²) in [6, 6.07) is 5.30. The molecule has 4 N–H and O–H groups in total. The second-order valence-electron chi connectivity index (χ2n) is 2.77. The van der Waals surface area contributed by atoms with Crippen LogP contribution in [0.15, 0.2) is 18.2 Å². The average molecular weight is 264 g/mol. The maximum atomic E-state index is 5.96. The molecular weight excluding hydrogens is 253 g/mol. The molecule has 1 rings (SSSR count). The highest BCUT2D eigenvalue weighted by Gasteiger charge is 2.04. The summed E-state index contributed by atoms with van der Waals surface area (Å²) in [5.74, 6) is 0. The Morgan fingerprint density at radius 3 is 2.80 bits per heavy atom. The van der Waals surface area contributed by atoms with Gasteiger partial charge in [-0.15, -0.1) is 0 Å². The lowest BCUT2D eigenvalue weighted by molar-refractivity contribution is 0.883. The van der Waals surface area contributed by atoms with Gasteiger partial charge in [0.1, 0.15) is 0 Å². The van der Waals surface area contributed by atoms with Crippen molar-refractivity contribution >= 4 is 46.2 Å². The van der Waals surface area contributed by atoms with Crippen molar-refractivity contribution in [2.24, 2.45) is 5.73 Å². The molecule has 0 atom stereocenters. The topological polar surface area (TPSA) is 50.1 Å². The minimum Gasteiger partial charge on any atom is -0.361 e. The van der Waals surface area contributed by atoms with Crippen LogP contribution in [0.2, 0.25) is 10.0 Å². The van der Waals surface area contributed by atoms with Gasteiger partial charge in [-0.05, 0) is 24.4 Å². The van der Waals surface area contributed by atoms with Gasteiger partial charge in [0.25, 0.3) is 0 Å². The molecule has 0 aromatic heterocycles. The van der Waals surface area contributed by atoms with E-state index in [0.717, 1.165) is 0 Å². The molecule has 82 valence electrons. The number of benzene rings is 1. The van der Waals surface area contributed by atoms with Crippen molar-refractivity contribution in [1.29, 1.82) is 0 Å². The Kier molecular flexibility index (Phi) is 5.11. The first-order valence-electron chi connectivity index (χ1n) is 4.34. The van der Waals surface area contributed by atoms with Crippen LogP contribution in [0.3, 0.4) is 0 Å². The molecule has 0 aliphatic carbocycles. The van der Waals surface area contributed by atoms with Crippen molar-refractivity contribution in [3.8, 4) is 0 Å². The van der Waals surface area contributed by atoms with Crippen LogP contribution in [0.4, 0.5) is 5.69 Å². The smallest absolute Gasteiger partial charge is 0.170 e. The van der Waals surface area contributed by atoms with E-state index in [1.165, 1.54) is 0 Å². The Labute approximate surface area is 104 Å². The molecule has 0 saturated carbocycles. The van der Waals surface area contributed by atoms with E-state index in [9.17, 15) is 0 Å². The van der Waals surface area contributed by atoms with Gasteiger partial charge in [-0.3, -0.25) is 0 Å². The Hall–Kier alpha value is -0.550. The van der Waals surface area contributed by atoms with E-state index in [1.54, 1.807) is 18.2 Å². The van der Waals surface area contributed by atoms with Crippen LogP contribution in [0.5, 0.6) is 0 Å². The highest BCUT2D eigenvalue weighted by Crippen LogP contribution is 2.29. The fraction of sp³-hybridized carbons (Fsp3) is 0.222. The standard InChI is InChI=1S/C9H11Cl2N3S/c10-6-2-1-3-7(8(6)11)14-9(15)13-5-4-12/h1-3H,4-5,12H2,(H2,13,14,15). The molecule has 15 heavy (non-hydrogen) atoms. The minimum atomic E-state index is 0.455. The molecule has 0 aliphatic rings. The maximum Gasteiger partial charge on any atom is 0.170 e. The predicted octanol–water partition coefficient (Wildman–Crippen LogP) is 2.24. The first kappa shape index (κ1) is 12.5. The van der Waals surface area contributed by atoms with Crippen LogP contribution in [-0.2, 0) is 0 Å². The second-order valence-corrected chi connectivity index (χ2v) is 3.96. The van der Waals surface area contributed by atoms with Crippen LogP contribution in [0, 0.1) is 0 Å². The third-order valence-corrected chi connectivity index (χ3v) is 2.69. The molecule has 0 radical (unpaired) electrons. The van der Waals surface area contributed by atoms with Gasteiger partial charge in [-0.1, -0.05) is 29.3 Å². The van der Waals surface area contributed by atoms with Gasteiger partial charge in [0.05, 0.1) is 15.7 Å². The van der Waals surface area contributed by atoms with Crippen LogP contribution in [0.25, 0.3) is 0 Å². The summed E-state index contributed by atoms with van der Waals surface area (Å²) in [4.78, 5) is 0. The van der Waals surface area contributed by atoms with Crippen LogP contribution >= 0.6 is 35.4 Å². The average Bonchev–Trinajstić information content (AvgIpc) is 2.22. The monoisotopic (exact) mass is 263 g/mol. The maximum absolute atomic E-state index is 5.96. The SMILES string of the molecule is NCCNC(=S)Nc1cccc(Cl)c1Cl. The Morgan fingerprint density at radius 2 is 2.13 bits per heavy atom. The summed E-state index contributed by atoms with van der Waals surface area (Å²) in [5.41, 5.74) is 6.01. The zero-order chi connectivity index (χ0) is 11.3. The lowest BCUT2D eigenvalue weighted by atomic mass is 10.3. The number of thiocarbonyl (C=S) groups is 1. The minimum absolute atomic E-state index is 0.455. The molecule has 6 heteroatoms. The number of rotatable bonds is 3. The van der Waals surface area contributed by atoms with E-state index in [-0.39, 0.29) is 0 Å². The number of nitrogens with one attached hydrogen (secondary N) is 2.